The summed E-state index contributed by atoms with van der Waals surface area (Å²) in [4.78, 5) is 22.7. The summed E-state index contributed by atoms with van der Waals surface area (Å²) >= 11 is 0. The second-order valence-corrected chi connectivity index (χ2v) is 7.50. The molecule has 1 aliphatic carbocycles. The maximum atomic E-state index is 12.6. The summed E-state index contributed by atoms with van der Waals surface area (Å²) in [6, 6.07) is 4.85. The van der Waals surface area contributed by atoms with E-state index in [0.29, 0.717) is 19.0 Å². The quantitative estimate of drug-likeness (QED) is 0.737. The zero-order chi connectivity index (χ0) is 18.1. The molecule has 138 valence electrons. The van der Waals surface area contributed by atoms with E-state index in [1.807, 2.05) is 0 Å². The van der Waals surface area contributed by atoms with Gasteiger partial charge in [-0.25, -0.2) is 4.98 Å². The lowest BCUT2D eigenvalue weighted by Gasteiger charge is -2.29. The number of benzene rings is 1. The predicted molar refractivity (Wildman–Crippen MR) is 98.3 cm³/mol. The molecule has 0 unspecified atom stereocenters. The van der Waals surface area contributed by atoms with Crippen LogP contribution in [0, 0.1) is 0 Å². The molecule has 1 aromatic carbocycles. The van der Waals surface area contributed by atoms with Gasteiger partial charge < -0.3 is 15.2 Å². The number of fused-ring (bicyclic) bond motifs is 1. The molecular formula is C20H25N3O3. The smallest absolute Gasteiger partial charge is 0.255 e. The summed E-state index contributed by atoms with van der Waals surface area (Å²) in [5.41, 5.74) is 2.61. The molecule has 4 rings (SSSR count). The number of rotatable bonds is 3. The minimum Gasteiger partial charge on any atom is -0.504 e. The van der Waals surface area contributed by atoms with E-state index in [4.69, 9.17) is 4.98 Å². The number of hydrogen-bond donors (Lipinski definition) is 3. The van der Waals surface area contributed by atoms with Gasteiger partial charge in [0.05, 0.1) is 11.3 Å². The van der Waals surface area contributed by atoms with Crippen molar-refractivity contribution in [2.45, 2.75) is 57.5 Å². The SMILES string of the molecule is O=c1[nH]c(C2CCCCC2)nc2c1CN(Cc1ccc(O)c(O)c1)CC2. The van der Waals surface area contributed by atoms with Crippen LogP contribution in [0.25, 0.3) is 0 Å². The first kappa shape index (κ1) is 17.1. The lowest BCUT2D eigenvalue weighted by Crippen LogP contribution is -2.36. The van der Waals surface area contributed by atoms with E-state index in [-0.39, 0.29) is 17.1 Å². The van der Waals surface area contributed by atoms with Gasteiger partial charge in [-0.1, -0.05) is 25.3 Å². The van der Waals surface area contributed by atoms with Crippen molar-refractivity contribution in [1.29, 1.82) is 0 Å². The van der Waals surface area contributed by atoms with Gasteiger partial charge in [-0.15, -0.1) is 0 Å². The highest BCUT2D eigenvalue weighted by Gasteiger charge is 2.24. The molecule has 0 spiro atoms. The maximum Gasteiger partial charge on any atom is 0.255 e. The molecule has 2 heterocycles. The molecule has 6 heteroatoms. The molecule has 26 heavy (non-hydrogen) atoms. The predicted octanol–water partition coefficient (Wildman–Crippen LogP) is 2.79. The van der Waals surface area contributed by atoms with E-state index in [1.165, 1.54) is 25.3 Å². The molecule has 6 nitrogen and oxygen atoms in total. The standard InChI is InChI=1S/C20H25N3O3/c24-17-7-6-13(10-18(17)25)11-23-9-8-16-15(12-23)20(26)22-19(21-16)14-4-2-1-3-5-14/h6-7,10,14,24-25H,1-5,8-9,11-12H2,(H,21,22,26). The molecule has 0 bridgehead atoms. The van der Waals surface area contributed by atoms with E-state index in [0.717, 1.165) is 48.5 Å². The van der Waals surface area contributed by atoms with Gasteiger partial charge in [-0.3, -0.25) is 9.69 Å². The number of aromatic amines is 1. The summed E-state index contributed by atoms with van der Waals surface area (Å²) in [6.45, 7) is 2.01. The summed E-state index contributed by atoms with van der Waals surface area (Å²) in [6.07, 6.45) is 6.74. The van der Waals surface area contributed by atoms with Crippen molar-refractivity contribution in [2.75, 3.05) is 6.54 Å². The van der Waals surface area contributed by atoms with Crippen LogP contribution in [0.5, 0.6) is 11.5 Å². The molecule has 1 aliphatic heterocycles. The Hall–Kier alpha value is -2.34. The van der Waals surface area contributed by atoms with Crippen LogP contribution in [0.1, 0.15) is 60.7 Å². The minimum atomic E-state index is -0.117. The maximum absolute atomic E-state index is 12.6. The first-order valence-corrected chi connectivity index (χ1v) is 9.45. The van der Waals surface area contributed by atoms with Gasteiger partial charge in [0.15, 0.2) is 11.5 Å². The monoisotopic (exact) mass is 355 g/mol. The van der Waals surface area contributed by atoms with E-state index in [9.17, 15) is 15.0 Å². The van der Waals surface area contributed by atoms with Gasteiger partial charge in [-0.05, 0) is 30.5 Å². The van der Waals surface area contributed by atoms with Crippen LogP contribution in [0.3, 0.4) is 0 Å². The van der Waals surface area contributed by atoms with Crippen LogP contribution in [0.15, 0.2) is 23.0 Å². The van der Waals surface area contributed by atoms with E-state index in [2.05, 4.69) is 9.88 Å². The lowest BCUT2D eigenvalue weighted by molar-refractivity contribution is 0.240. The number of phenolic OH excluding ortho intramolecular Hbond substituents is 2. The van der Waals surface area contributed by atoms with Gasteiger partial charge in [0.1, 0.15) is 5.82 Å². The fraction of sp³-hybridized carbons (Fsp3) is 0.500. The average Bonchev–Trinajstić information content (AvgIpc) is 2.66. The van der Waals surface area contributed by atoms with Gasteiger partial charge in [0, 0.05) is 32.0 Å². The van der Waals surface area contributed by atoms with Crippen LogP contribution < -0.4 is 5.56 Å². The third kappa shape index (κ3) is 3.46. The Morgan fingerprint density at radius 3 is 2.73 bits per heavy atom. The molecule has 1 fully saturated rings. The Balaban J connectivity index is 1.51. The van der Waals surface area contributed by atoms with Gasteiger partial charge in [-0.2, -0.15) is 0 Å². The number of phenols is 2. The highest BCUT2D eigenvalue weighted by molar-refractivity contribution is 5.40. The molecular weight excluding hydrogens is 330 g/mol. The Morgan fingerprint density at radius 1 is 1.15 bits per heavy atom. The highest BCUT2D eigenvalue weighted by atomic mass is 16.3. The molecule has 1 aromatic heterocycles. The average molecular weight is 355 g/mol. The zero-order valence-electron chi connectivity index (χ0n) is 14.9. The fourth-order valence-electron chi connectivity index (χ4n) is 4.13. The van der Waals surface area contributed by atoms with Crippen molar-refractivity contribution in [3.63, 3.8) is 0 Å². The Morgan fingerprint density at radius 2 is 1.96 bits per heavy atom. The topological polar surface area (TPSA) is 89.5 Å². The number of aromatic hydroxyl groups is 2. The number of H-pyrrole nitrogens is 1. The second kappa shape index (κ2) is 7.11. The first-order valence-electron chi connectivity index (χ1n) is 9.45. The normalized spacial score (nSPS) is 18.6. The third-order valence-corrected chi connectivity index (χ3v) is 5.60. The van der Waals surface area contributed by atoms with E-state index >= 15 is 0 Å². The summed E-state index contributed by atoms with van der Waals surface area (Å²) in [5.74, 6) is 1.05. The number of nitrogens with zero attached hydrogens (tertiary/aromatic N) is 2. The number of aromatic nitrogens is 2. The second-order valence-electron chi connectivity index (χ2n) is 7.50. The van der Waals surface area contributed by atoms with Crippen molar-refractivity contribution in [3.8, 4) is 11.5 Å². The molecule has 0 radical (unpaired) electrons. The third-order valence-electron chi connectivity index (χ3n) is 5.60. The zero-order valence-corrected chi connectivity index (χ0v) is 14.9. The molecule has 2 aromatic rings. The summed E-state index contributed by atoms with van der Waals surface area (Å²) in [7, 11) is 0. The lowest BCUT2D eigenvalue weighted by atomic mass is 9.88. The molecule has 2 aliphatic rings. The van der Waals surface area contributed by atoms with Crippen molar-refractivity contribution in [2.24, 2.45) is 0 Å². The molecule has 0 saturated heterocycles. The van der Waals surface area contributed by atoms with Crippen molar-refractivity contribution < 1.29 is 10.2 Å². The van der Waals surface area contributed by atoms with Crippen LogP contribution in [-0.2, 0) is 19.5 Å². The van der Waals surface area contributed by atoms with E-state index in [1.54, 1.807) is 12.1 Å². The Kier molecular flexibility index (Phi) is 4.68. The molecule has 3 N–H and O–H groups in total. The summed E-state index contributed by atoms with van der Waals surface area (Å²) < 4.78 is 0. The van der Waals surface area contributed by atoms with Crippen LogP contribution in [-0.4, -0.2) is 31.6 Å². The van der Waals surface area contributed by atoms with Crippen molar-refractivity contribution in [1.82, 2.24) is 14.9 Å². The molecule has 0 atom stereocenters. The first-order chi connectivity index (χ1) is 12.6. The van der Waals surface area contributed by atoms with Crippen LogP contribution in [0.4, 0.5) is 0 Å². The number of hydrogen-bond acceptors (Lipinski definition) is 5. The van der Waals surface area contributed by atoms with Crippen LogP contribution >= 0.6 is 0 Å². The largest absolute Gasteiger partial charge is 0.504 e. The fourth-order valence-corrected chi connectivity index (χ4v) is 4.13. The summed E-state index contributed by atoms with van der Waals surface area (Å²) in [5, 5.41) is 19.1. The minimum absolute atomic E-state index is 0.00572. The molecule has 0 amide bonds. The van der Waals surface area contributed by atoms with Gasteiger partial charge in [0.25, 0.3) is 5.56 Å². The highest BCUT2D eigenvalue weighted by Crippen LogP contribution is 2.31. The van der Waals surface area contributed by atoms with Gasteiger partial charge in [0.2, 0.25) is 0 Å². The van der Waals surface area contributed by atoms with E-state index < -0.39 is 0 Å². The van der Waals surface area contributed by atoms with Crippen molar-refractivity contribution >= 4 is 0 Å². The Bertz CT molecular complexity index is 856. The Labute approximate surface area is 152 Å². The molecule has 1 saturated carbocycles. The van der Waals surface area contributed by atoms with Crippen molar-refractivity contribution in [3.05, 3.63) is 51.2 Å². The van der Waals surface area contributed by atoms with Gasteiger partial charge >= 0.3 is 0 Å². The number of nitrogens with one attached hydrogen (secondary N) is 1. The van der Waals surface area contributed by atoms with Crippen LogP contribution in [0.2, 0.25) is 0 Å².